The topological polar surface area (TPSA) is 56.2 Å². The molecule has 4 aromatic rings. The van der Waals surface area contributed by atoms with Gasteiger partial charge >= 0.3 is 0 Å². The fourth-order valence-electron chi connectivity index (χ4n) is 2.97. The third kappa shape index (κ3) is 4.07. The van der Waals surface area contributed by atoms with Gasteiger partial charge in [-0.15, -0.1) is 0 Å². The van der Waals surface area contributed by atoms with Crippen LogP contribution in [0.1, 0.15) is 5.82 Å². The van der Waals surface area contributed by atoms with E-state index in [1.165, 1.54) is 0 Å². The van der Waals surface area contributed by atoms with Crippen LogP contribution in [0.15, 0.2) is 83.3 Å². The van der Waals surface area contributed by atoms with E-state index in [4.69, 9.17) is 4.74 Å². The van der Waals surface area contributed by atoms with Crippen LogP contribution in [0.2, 0.25) is 0 Å². The molecule has 0 atom stereocenters. The van der Waals surface area contributed by atoms with Crippen molar-refractivity contribution in [3.05, 3.63) is 89.2 Å². The van der Waals surface area contributed by atoms with Crippen LogP contribution in [-0.2, 0) is 17.9 Å². The summed E-state index contributed by atoms with van der Waals surface area (Å²) in [4.78, 5) is 17.3. The lowest BCUT2D eigenvalue weighted by atomic mass is 10.3. The third-order valence-corrected chi connectivity index (χ3v) is 4.99. The fraction of sp³-hybridized carbons (Fsp3) is 0.0909. The molecule has 0 spiro atoms. The zero-order chi connectivity index (χ0) is 19.3. The van der Waals surface area contributed by atoms with E-state index in [9.17, 15) is 4.79 Å². The molecule has 3 aromatic carbocycles. The van der Waals surface area contributed by atoms with Gasteiger partial charge in [0.05, 0.1) is 16.7 Å². The van der Waals surface area contributed by atoms with Crippen molar-refractivity contribution >= 4 is 38.6 Å². The highest BCUT2D eigenvalue weighted by Gasteiger charge is 2.15. The predicted molar refractivity (Wildman–Crippen MR) is 113 cm³/mol. The lowest BCUT2D eigenvalue weighted by Crippen LogP contribution is -2.21. The smallest absolute Gasteiger partial charge is 0.244 e. The second-order valence-corrected chi connectivity index (χ2v) is 7.09. The number of hydrogen-bond acceptors (Lipinski definition) is 3. The molecule has 0 aliphatic carbocycles. The molecule has 0 unspecified atom stereocenters. The zero-order valence-corrected chi connectivity index (χ0v) is 16.6. The Kier molecular flexibility index (Phi) is 5.39. The lowest BCUT2D eigenvalue weighted by Gasteiger charge is -2.12. The van der Waals surface area contributed by atoms with Crippen molar-refractivity contribution in [2.45, 2.75) is 13.2 Å². The minimum atomic E-state index is -0.129. The Hall–Kier alpha value is -3.12. The van der Waals surface area contributed by atoms with E-state index in [0.717, 1.165) is 26.9 Å². The van der Waals surface area contributed by atoms with Crippen molar-refractivity contribution in [3.63, 3.8) is 0 Å². The molecule has 28 heavy (non-hydrogen) atoms. The summed E-state index contributed by atoms with van der Waals surface area (Å²) in [6, 6.07) is 24.9. The number of benzene rings is 3. The van der Waals surface area contributed by atoms with Crippen molar-refractivity contribution < 1.29 is 9.53 Å². The van der Waals surface area contributed by atoms with Crippen LogP contribution in [0.25, 0.3) is 11.0 Å². The largest absolute Gasteiger partial charge is 0.486 e. The van der Waals surface area contributed by atoms with Gasteiger partial charge in [0.15, 0.2) is 0 Å². The normalized spacial score (nSPS) is 10.8. The fourth-order valence-corrected chi connectivity index (χ4v) is 3.36. The first-order valence-electron chi connectivity index (χ1n) is 8.87. The number of para-hydroxylation sites is 4. The number of anilines is 1. The summed E-state index contributed by atoms with van der Waals surface area (Å²) in [5.41, 5.74) is 2.47. The predicted octanol–water partition coefficient (Wildman–Crippen LogP) is 5.02. The molecule has 140 valence electrons. The minimum Gasteiger partial charge on any atom is -0.486 e. The number of nitrogens with one attached hydrogen (secondary N) is 1. The van der Waals surface area contributed by atoms with Crippen molar-refractivity contribution in [2.75, 3.05) is 5.32 Å². The standard InChI is InChI=1S/C22H18BrN3O2/c23-17-10-4-5-11-18(17)25-22(27)14-26-20-13-7-6-12-19(20)24-21(26)15-28-16-8-2-1-3-9-16/h1-13H,14-15H2,(H,25,27). The van der Waals surface area contributed by atoms with Gasteiger partial charge in [-0.1, -0.05) is 42.5 Å². The molecule has 0 fully saturated rings. The average Bonchev–Trinajstić information content (AvgIpc) is 3.06. The molecule has 0 aliphatic rings. The number of nitrogens with zero attached hydrogens (tertiary/aromatic N) is 2. The number of imidazole rings is 1. The van der Waals surface area contributed by atoms with E-state index < -0.39 is 0 Å². The van der Waals surface area contributed by atoms with Crippen molar-refractivity contribution in [1.29, 1.82) is 0 Å². The molecule has 0 saturated heterocycles. The first-order valence-corrected chi connectivity index (χ1v) is 9.66. The van der Waals surface area contributed by atoms with Crippen LogP contribution in [0, 0.1) is 0 Å². The number of halogens is 1. The first kappa shape index (κ1) is 18.3. The van der Waals surface area contributed by atoms with Crippen LogP contribution >= 0.6 is 15.9 Å². The van der Waals surface area contributed by atoms with E-state index in [2.05, 4.69) is 26.2 Å². The summed E-state index contributed by atoms with van der Waals surface area (Å²) in [7, 11) is 0. The van der Waals surface area contributed by atoms with Crippen LogP contribution in [0.4, 0.5) is 5.69 Å². The number of carbonyl (C=O) groups is 1. The monoisotopic (exact) mass is 435 g/mol. The molecule has 6 heteroatoms. The summed E-state index contributed by atoms with van der Waals surface area (Å²) in [6.07, 6.45) is 0. The summed E-state index contributed by atoms with van der Waals surface area (Å²) in [5.74, 6) is 1.34. The quantitative estimate of drug-likeness (QED) is 0.462. The van der Waals surface area contributed by atoms with Gasteiger partial charge < -0.3 is 14.6 Å². The molecule has 1 N–H and O–H groups in total. The summed E-state index contributed by atoms with van der Waals surface area (Å²) in [5, 5.41) is 2.94. The highest BCUT2D eigenvalue weighted by Crippen LogP contribution is 2.22. The second-order valence-electron chi connectivity index (χ2n) is 6.23. The molecule has 0 saturated carbocycles. The Labute approximate surface area is 171 Å². The van der Waals surface area contributed by atoms with E-state index in [0.29, 0.717) is 5.82 Å². The number of ether oxygens (including phenoxy) is 1. The van der Waals surface area contributed by atoms with Gasteiger partial charge in [0.2, 0.25) is 5.91 Å². The molecule has 0 radical (unpaired) electrons. The highest BCUT2D eigenvalue weighted by atomic mass is 79.9. The summed E-state index contributed by atoms with van der Waals surface area (Å²) in [6.45, 7) is 0.427. The Morgan fingerprint density at radius 3 is 2.50 bits per heavy atom. The van der Waals surface area contributed by atoms with Gasteiger partial charge in [0.25, 0.3) is 0 Å². The maximum absolute atomic E-state index is 12.7. The molecule has 4 rings (SSSR count). The van der Waals surface area contributed by atoms with Crippen molar-refractivity contribution in [3.8, 4) is 5.75 Å². The second kappa shape index (κ2) is 8.27. The van der Waals surface area contributed by atoms with Crippen LogP contribution < -0.4 is 10.1 Å². The van der Waals surface area contributed by atoms with E-state index in [1.807, 2.05) is 83.4 Å². The molecular formula is C22H18BrN3O2. The number of amides is 1. The first-order chi connectivity index (χ1) is 13.7. The molecule has 0 bridgehead atoms. The maximum Gasteiger partial charge on any atom is 0.244 e. The summed E-state index contributed by atoms with van der Waals surface area (Å²) >= 11 is 3.45. The van der Waals surface area contributed by atoms with Crippen molar-refractivity contribution in [2.24, 2.45) is 0 Å². The lowest BCUT2D eigenvalue weighted by molar-refractivity contribution is -0.116. The maximum atomic E-state index is 12.7. The number of carbonyl (C=O) groups excluding carboxylic acids is 1. The van der Waals surface area contributed by atoms with Gasteiger partial charge in [-0.25, -0.2) is 4.98 Å². The Balaban J connectivity index is 1.58. The van der Waals surface area contributed by atoms with Crippen LogP contribution in [0.3, 0.4) is 0 Å². The summed E-state index contributed by atoms with van der Waals surface area (Å²) < 4.78 is 8.59. The number of aromatic nitrogens is 2. The minimum absolute atomic E-state index is 0.129. The van der Waals surface area contributed by atoms with E-state index >= 15 is 0 Å². The molecule has 1 heterocycles. The van der Waals surface area contributed by atoms with Gasteiger partial charge in [0.1, 0.15) is 24.7 Å². The highest BCUT2D eigenvalue weighted by molar-refractivity contribution is 9.10. The van der Waals surface area contributed by atoms with Crippen molar-refractivity contribution in [1.82, 2.24) is 9.55 Å². The molecule has 5 nitrogen and oxygen atoms in total. The zero-order valence-electron chi connectivity index (χ0n) is 15.0. The van der Waals surface area contributed by atoms with Gasteiger partial charge in [-0.3, -0.25) is 4.79 Å². The van der Waals surface area contributed by atoms with E-state index in [1.54, 1.807) is 0 Å². The number of fused-ring (bicyclic) bond motifs is 1. The van der Waals surface area contributed by atoms with Gasteiger partial charge in [-0.05, 0) is 52.3 Å². The third-order valence-electron chi connectivity index (χ3n) is 4.29. The van der Waals surface area contributed by atoms with Gasteiger partial charge in [0, 0.05) is 4.47 Å². The Bertz CT molecular complexity index is 1110. The van der Waals surface area contributed by atoms with Crippen LogP contribution in [0.5, 0.6) is 5.75 Å². The Morgan fingerprint density at radius 2 is 1.68 bits per heavy atom. The van der Waals surface area contributed by atoms with Crippen LogP contribution in [-0.4, -0.2) is 15.5 Å². The molecule has 1 amide bonds. The Morgan fingerprint density at radius 1 is 0.964 bits per heavy atom. The van der Waals surface area contributed by atoms with Gasteiger partial charge in [-0.2, -0.15) is 0 Å². The molecular weight excluding hydrogens is 418 g/mol. The number of rotatable bonds is 6. The SMILES string of the molecule is O=C(Cn1c(COc2ccccc2)nc2ccccc21)Nc1ccccc1Br. The average molecular weight is 436 g/mol. The molecule has 0 aliphatic heterocycles. The van der Waals surface area contributed by atoms with E-state index in [-0.39, 0.29) is 19.1 Å². The number of hydrogen-bond donors (Lipinski definition) is 1. The molecule has 1 aromatic heterocycles.